The number of rotatable bonds is 2. The Morgan fingerprint density at radius 3 is 2.61 bits per heavy atom. The van der Waals surface area contributed by atoms with E-state index in [2.05, 4.69) is 15.3 Å². The summed E-state index contributed by atoms with van der Waals surface area (Å²) in [6, 6.07) is 1.67. The van der Waals surface area contributed by atoms with E-state index in [1.807, 2.05) is 6.92 Å². The Hall–Kier alpha value is -1.16. The first-order valence-corrected chi connectivity index (χ1v) is 6.85. The highest BCUT2D eigenvalue weighted by Crippen LogP contribution is 2.55. The Labute approximate surface area is 111 Å². The molecule has 0 spiro atoms. The molecule has 1 N–H and O–H groups in total. The Kier molecular flexibility index (Phi) is 2.98. The van der Waals surface area contributed by atoms with E-state index in [0.29, 0.717) is 22.9 Å². The van der Waals surface area contributed by atoms with Crippen molar-refractivity contribution in [2.75, 3.05) is 5.32 Å². The molecule has 1 heterocycles. The summed E-state index contributed by atoms with van der Waals surface area (Å²) in [4.78, 5) is 20.3. The van der Waals surface area contributed by atoms with Crippen LogP contribution in [0.25, 0.3) is 0 Å². The number of fused-ring (bicyclic) bond motifs is 1. The van der Waals surface area contributed by atoms with Crippen molar-refractivity contribution in [3.05, 3.63) is 16.9 Å². The second-order valence-electron chi connectivity index (χ2n) is 5.28. The minimum atomic E-state index is 0.0635. The highest BCUT2D eigenvalue weighted by atomic mass is 35.5. The van der Waals surface area contributed by atoms with Crippen LogP contribution < -0.4 is 5.32 Å². The van der Waals surface area contributed by atoms with Gasteiger partial charge in [-0.2, -0.15) is 0 Å². The maximum atomic E-state index is 12.1. The van der Waals surface area contributed by atoms with Crippen LogP contribution in [0.1, 0.15) is 31.4 Å². The quantitative estimate of drug-likeness (QED) is 0.837. The van der Waals surface area contributed by atoms with Gasteiger partial charge in [-0.1, -0.05) is 24.4 Å². The standard InChI is InChI=1S/C13H16ClN3O/c1-7-6-10(14)16-13(15-7)17-12(18)11-8-4-2-3-5-9(8)11/h6,8-9,11H,2-5H2,1H3,(H,15,16,17,18). The minimum Gasteiger partial charge on any atom is -0.294 e. The average molecular weight is 266 g/mol. The molecule has 0 saturated heterocycles. The smallest absolute Gasteiger partial charge is 0.231 e. The van der Waals surface area contributed by atoms with Crippen molar-refractivity contribution < 1.29 is 4.79 Å². The zero-order valence-electron chi connectivity index (χ0n) is 10.3. The van der Waals surface area contributed by atoms with E-state index >= 15 is 0 Å². The van der Waals surface area contributed by atoms with E-state index in [1.165, 1.54) is 25.7 Å². The molecule has 2 fully saturated rings. The molecule has 4 nitrogen and oxygen atoms in total. The summed E-state index contributed by atoms with van der Waals surface area (Å²) in [6.45, 7) is 1.83. The van der Waals surface area contributed by atoms with E-state index in [4.69, 9.17) is 11.6 Å². The fourth-order valence-electron chi connectivity index (χ4n) is 3.16. The lowest BCUT2D eigenvalue weighted by atomic mass is 10.0. The molecular weight excluding hydrogens is 250 g/mol. The number of halogens is 1. The van der Waals surface area contributed by atoms with Crippen molar-refractivity contribution in [1.29, 1.82) is 0 Å². The maximum absolute atomic E-state index is 12.1. The number of hydrogen-bond donors (Lipinski definition) is 1. The number of carbonyl (C=O) groups excluding carboxylic acids is 1. The van der Waals surface area contributed by atoms with Gasteiger partial charge in [0.2, 0.25) is 11.9 Å². The molecule has 2 aliphatic carbocycles. The van der Waals surface area contributed by atoms with E-state index in [-0.39, 0.29) is 11.8 Å². The molecule has 3 rings (SSSR count). The van der Waals surface area contributed by atoms with Crippen molar-refractivity contribution >= 4 is 23.5 Å². The predicted molar refractivity (Wildman–Crippen MR) is 69.3 cm³/mol. The van der Waals surface area contributed by atoms with Crippen LogP contribution in [0, 0.1) is 24.7 Å². The second-order valence-corrected chi connectivity index (χ2v) is 5.67. The van der Waals surface area contributed by atoms with E-state index in [1.54, 1.807) is 6.07 Å². The molecular formula is C13H16ClN3O. The van der Waals surface area contributed by atoms with Gasteiger partial charge in [0, 0.05) is 11.6 Å². The number of amides is 1. The van der Waals surface area contributed by atoms with E-state index < -0.39 is 0 Å². The molecule has 0 bridgehead atoms. The third-order valence-electron chi connectivity index (χ3n) is 4.02. The zero-order chi connectivity index (χ0) is 12.7. The molecule has 0 radical (unpaired) electrons. The lowest BCUT2D eigenvalue weighted by Gasteiger charge is -2.04. The van der Waals surface area contributed by atoms with Crippen LogP contribution in [-0.4, -0.2) is 15.9 Å². The SMILES string of the molecule is Cc1cc(Cl)nc(NC(=O)C2C3CCCCC32)n1. The maximum Gasteiger partial charge on any atom is 0.231 e. The molecule has 5 heteroatoms. The van der Waals surface area contributed by atoms with Gasteiger partial charge >= 0.3 is 0 Å². The molecule has 0 aliphatic heterocycles. The summed E-state index contributed by atoms with van der Waals surface area (Å²) in [5, 5.41) is 3.16. The predicted octanol–water partition coefficient (Wildman–Crippen LogP) is 2.81. The van der Waals surface area contributed by atoms with Gasteiger partial charge in [0.05, 0.1) is 0 Å². The lowest BCUT2D eigenvalue weighted by Crippen LogP contribution is -2.17. The number of nitrogens with one attached hydrogen (secondary N) is 1. The third-order valence-corrected chi connectivity index (χ3v) is 4.21. The van der Waals surface area contributed by atoms with Crippen molar-refractivity contribution in [1.82, 2.24) is 9.97 Å². The second kappa shape index (κ2) is 4.50. The van der Waals surface area contributed by atoms with Gasteiger partial charge in [0.15, 0.2) is 0 Å². The Bertz CT molecular complexity index is 459. The molecule has 96 valence electrons. The number of anilines is 1. The summed E-state index contributed by atoms with van der Waals surface area (Å²) >= 11 is 5.85. The lowest BCUT2D eigenvalue weighted by molar-refractivity contribution is -0.117. The fourth-order valence-corrected chi connectivity index (χ4v) is 3.40. The van der Waals surface area contributed by atoms with Gasteiger partial charge < -0.3 is 0 Å². The highest BCUT2D eigenvalue weighted by Gasteiger charge is 2.54. The normalized spacial score (nSPS) is 29.6. The van der Waals surface area contributed by atoms with Gasteiger partial charge in [0.25, 0.3) is 0 Å². The molecule has 2 saturated carbocycles. The van der Waals surface area contributed by atoms with Crippen LogP contribution in [0.4, 0.5) is 5.95 Å². The van der Waals surface area contributed by atoms with Gasteiger partial charge in [0.1, 0.15) is 5.15 Å². The van der Waals surface area contributed by atoms with Gasteiger partial charge in [-0.25, -0.2) is 9.97 Å². The third kappa shape index (κ3) is 2.21. The first-order valence-electron chi connectivity index (χ1n) is 6.47. The summed E-state index contributed by atoms with van der Waals surface area (Å²) < 4.78 is 0. The number of hydrogen-bond acceptors (Lipinski definition) is 3. The number of nitrogens with zero attached hydrogens (tertiary/aromatic N) is 2. The Morgan fingerprint density at radius 2 is 2.00 bits per heavy atom. The van der Waals surface area contributed by atoms with Crippen LogP contribution in [0.3, 0.4) is 0 Å². The van der Waals surface area contributed by atoms with Crippen molar-refractivity contribution in [3.8, 4) is 0 Å². The van der Waals surface area contributed by atoms with Crippen molar-refractivity contribution in [2.24, 2.45) is 17.8 Å². The van der Waals surface area contributed by atoms with E-state index in [0.717, 1.165) is 5.69 Å². The molecule has 2 aliphatic rings. The van der Waals surface area contributed by atoms with Crippen molar-refractivity contribution in [2.45, 2.75) is 32.6 Å². The molecule has 0 aromatic carbocycles. The number of aromatic nitrogens is 2. The largest absolute Gasteiger partial charge is 0.294 e. The van der Waals surface area contributed by atoms with Crippen LogP contribution in [0.2, 0.25) is 5.15 Å². The highest BCUT2D eigenvalue weighted by molar-refractivity contribution is 6.29. The summed E-state index contributed by atoms with van der Waals surface area (Å²) in [7, 11) is 0. The summed E-state index contributed by atoms with van der Waals surface area (Å²) in [5.74, 6) is 1.76. The van der Waals surface area contributed by atoms with Crippen LogP contribution >= 0.6 is 11.6 Å². The van der Waals surface area contributed by atoms with Crippen LogP contribution in [-0.2, 0) is 4.79 Å². The molecule has 2 atom stereocenters. The first kappa shape index (κ1) is 11.9. The monoisotopic (exact) mass is 265 g/mol. The molecule has 1 amide bonds. The molecule has 2 unspecified atom stereocenters. The first-order chi connectivity index (χ1) is 8.65. The molecule has 1 aromatic rings. The molecule has 1 aromatic heterocycles. The van der Waals surface area contributed by atoms with E-state index in [9.17, 15) is 4.79 Å². The van der Waals surface area contributed by atoms with Crippen LogP contribution in [0.5, 0.6) is 0 Å². The van der Waals surface area contributed by atoms with Crippen molar-refractivity contribution in [3.63, 3.8) is 0 Å². The Balaban J connectivity index is 1.68. The molecule has 18 heavy (non-hydrogen) atoms. The summed E-state index contributed by atoms with van der Waals surface area (Å²) in [6.07, 6.45) is 4.91. The zero-order valence-corrected chi connectivity index (χ0v) is 11.1. The minimum absolute atomic E-state index is 0.0635. The number of carbonyl (C=O) groups is 1. The fraction of sp³-hybridized carbons (Fsp3) is 0.615. The summed E-state index contributed by atoms with van der Waals surface area (Å²) in [5.41, 5.74) is 0.763. The van der Waals surface area contributed by atoms with Gasteiger partial charge in [-0.15, -0.1) is 0 Å². The Morgan fingerprint density at radius 1 is 1.33 bits per heavy atom. The van der Waals surface area contributed by atoms with Gasteiger partial charge in [-0.3, -0.25) is 10.1 Å². The van der Waals surface area contributed by atoms with Gasteiger partial charge in [-0.05, 0) is 37.7 Å². The topological polar surface area (TPSA) is 54.9 Å². The van der Waals surface area contributed by atoms with Crippen LogP contribution in [0.15, 0.2) is 6.07 Å². The number of aryl methyl sites for hydroxylation is 1. The average Bonchev–Trinajstić information content (AvgIpc) is 3.01.